The molecule has 0 bridgehead atoms. The zero-order valence-corrected chi connectivity index (χ0v) is 14.6. The number of hydrogen-bond acceptors (Lipinski definition) is 7. The van der Waals surface area contributed by atoms with Gasteiger partial charge < -0.3 is 19.0 Å². The van der Waals surface area contributed by atoms with E-state index in [1.807, 2.05) is 11.8 Å². The predicted molar refractivity (Wildman–Crippen MR) is 87.8 cm³/mol. The Bertz CT molecular complexity index is 675. The van der Waals surface area contributed by atoms with E-state index in [-0.39, 0.29) is 23.2 Å². The minimum atomic E-state index is -0.187. The molecular weight excluding hydrogens is 324 g/mol. The van der Waals surface area contributed by atoms with Crippen LogP contribution in [-0.2, 0) is 20.7 Å². The Balaban J connectivity index is 1.34. The number of carbonyl (C=O) groups is 2. The number of aromatic nitrogens is 2. The molecule has 0 saturated carbocycles. The van der Waals surface area contributed by atoms with E-state index in [4.69, 9.17) is 9.15 Å². The Morgan fingerprint density at radius 1 is 1.28 bits per heavy atom. The SMILES string of the molecule is CCc1nnc(N2CCC3(CCN(C(=O)CC4COC(=O)C4)C3)C2)o1. The second kappa shape index (κ2) is 6.31. The third-order valence-corrected chi connectivity index (χ3v) is 5.66. The highest BCUT2D eigenvalue weighted by Crippen LogP contribution is 2.41. The number of rotatable bonds is 4. The minimum absolute atomic E-state index is 0.0440. The Kier molecular flexibility index (Phi) is 4.13. The molecular formula is C17H24N4O4. The van der Waals surface area contributed by atoms with Crippen molar-refractivity contribution in [1.29, 1.82) is 0 Å². The lowest BCUT2D eigenvalue weighted by Gasteiger charge is -2.24. The highest BCUT2D eigenvalue weighted by Gasteiger charge is 2.46. The van der Waals surface area contributed by atoms with Crippen LogP contribution in [0.3, 0.4) is 0 Å². The largest absolute Gasteiger partial charge is 0.465 e. The molecule has 1 aromatic rings. The van der Waals surface area contributed by atoms with Crippen LogP contribution in [0.15, 0.2) is 4.42 Å². The fraction of sp³-hybridized carbons (Fsp3) is 0.765. The average Bonchev–Trinajstić information content (AvgIpc) is 3.37. The molecule has 4 heterocycles. The van der Waals surface area contributed by atoms with Gasteiger partial charge >= 0.3 is 12.0 Å². The molecule has 136 valence electrons. The van der Waals surface area contributed by atoms with E-state index >= 15 is 0 Å². The number of esters is 1. The summed E-state index contributed by atoms with van der Waals surface area (Å²) in [5, 5.41) is 8.17. The van der Waals surface area contributed by atoms with Crippen molar-refractivity contribution in [2.45, 2.75) is 39.0 Å². The fourth-order valence-electron chi connectivity index (χ4n) is 4.17. The maximum absolute atomic E-state index is 12.5. The zero-order chi connectivity index (χ0) is 17.4. The van der Waals surface area contributed by atoms with Crippen molar-refractivity contribution < 1.29 is 18.7 Å². The average molecular weight is 348 g/mol. The summed E-state index contributed by atoms with van der Waals surface area (Å²) in [5.74, 6) is 0.660. The van der Waals surface area contributed by atoms with E-state index in [0.717, 1.165) is 45.4 Å². The van der Waals surface area contributed by atoms with E-state index in [0.29, 0.717) is 31.4 Å². The second-order valence-corrected chi connectivity index (χ2v) is 7.53. The number of nitrogens with zero attached hydrogens (tertiary/aromatic N) is 4. The molecule has 3 aliphatic heterocycles. The first-order valence-corrected chi connectivity index (χ1v) is 9.08. The van der Waals surface area contributed by atoms with Gasteiger partial charge in [0, 0.05) is 50.4 Å². The molecule has 1 spiro atoms. The standard InChI is InChI=1S/C17H24N4O4/c1-2-13-18-19-16(25-13)21-6-4-17(11-21)3-5-20(10-17)14(22)7-12-8-15(23)24-9-12/h12H,2-11H2,1H3. The number of aryl methyl sites for hydroxylation is 1. The quantitative estimate of drug-likeness (QED) is 0.750. The molecule has 0 N–H and O–H groups in total. The van der Waals surface area contributed by atoms with Crippen molar-refractivity contribution in [2.24, 2.45) is 11.3 Å². The van der Waals surface area contributed by atoms with E-state index in [1.165, 1.54) is 0 Å². The van der Waals surface area contributed by atoms with Crippen molar-refractivity contribution >= 4 is 17.9 Å². The minimum Gasteiger partial charge on any atom is -0.465 e. The van der Waals surface area contributed by atoms with Gasteiger partial charge in [0.05, 0.1) is 13.0 Å². The molecule has 0 radical (unpaired) electrons. The number of likely N-dealkylation sites (tertiary alicyclic amines) is 1. The molecule has 1 amide bonds. The van der Waals surface area contributed by atoms with Crippen molar-refractivity contribution in [1.82, 2.24) is 15.1 Å². The molecule has 2 unspecified atom stereocenters. The number of carbonyl (C=O) groups excluding carboxylic acids is 2. The second-order valence-electron chi connectivity index (χ2n) is 7.53. The maximum atomic E-state index is 12.5. The van der Waals surface area contributed by atoms with E-state index in [2.05, 4.69) is 15.1 Å². The van der Waals surface area contributed by atoms with Gasteiger partial charge in [-0.1, -0.05) is 12.0 Å². The highest BCUT2D eigenvalue weighted by atomic mass is 16.5. The number of cyclic esters (lactones) is 1. The summed E-state index contributed by atoms with van der Waals surface area (Å²) in [7, 11) is 0. The summed E-state index contributed by atoms with van der Waals surface area (Å²) in [6.45, 7) is 5.68. The topological polar surface area (TPSA) is 88.8 Å². The molecule has 3 aliphatic rings. The smallest absolute Gasteiger partial charge is 0.318 e. The van der Waals surface area contributed by atoms with Crippen molar-refractivity contribution in [3.63, 3.8) is 0 Å². The summed E-state index contributed by atoms with van der Waals surface area (Å²) in [4.78, 5) is 27.8. The van der Waals surface area contributed by atoms with Gasteiger partial charge in [-0.3, -0.25) is 9.59 Å². The molecule has 0 aliphatic carbocycles. The lowest BCUT2D eigenvalue weighted by atomic mass is 9.86. The first-order valence-electron chi connectivity index (χ1n) is 9.08. The number of hydrogen-bond donors (Lipinski definition) is 0. The van der Waals surface area contributed by atoms with Gasteiger partial charge in [-0.2, -0.15) is 0 Å². The Morgan fingerprint density at radius 2 is 2.12 bits per heavy atom. The van der Waals surface area contributed by atoms with Crippen LogP contribution < -0.4 is 4.90 Å². The van der Waals surface area contributed by atoms with Gasteiger partial charge in [-0.05, 0) is 12.8 Å². The van der Waals surface area contributed by atoms with Crippen LogP contribution in [0.25, 0.3) is 0 Å². The van der Waals surface area contributed by atoms with Gasteiger partial charge in [0.1, 0.15) is 0 Å². The first-order chi connectivity index (χ1) is 12.1. The van der Waals surface area contributed by atoms with Crippen LogP contribution in [0.2, 0.25) is 0 Å². The molecule has 8 nitrogen and oxygen atoms in total. The van der Waals surface area contributed by atoms with Crippen LogP contribution in [0, 0.1) is 11.3 Å². The lowest BCUT2D eigenvalue weighted by molar-refractivity contribution is -0.138. The molecule has 25 heavy (non-hydrogen) atoms. The fourth-order valence-corrected chi connectivity index (χ4v) is 4.17. The molecule has 3 saturated heterocycles. The lowest BCUT2D eigenvalue weighted by Crippen LogP contribution is -2.35. The van der Waals surface area contributed by atoms with Crippen LogP contribution in [-0.4, -0.2) is 59.8 Å². The van der Waals surface area contributed by atoms with Gasteiger partial charge in [-0.15, -0.1) is 5.10 Å². The van der Waals surface area contributed by atoms with Crippen molar-refractivity contribution in [3.8, 4) is 0 Å². The van der Waals surface area contributed by atoms with Crippen molar-refractivity contribution in [3.05, 3.63) is 5.89 Å². The normalized spacial score (nSPS) is 29.0. The Hall–Kier alpha value is -2.12. The highest BCUT2D eigenvalue weighted by molar-refractivity contribution is 5.79. The molecule has 0 aromatic carbocycles. The van der Waals surface area contributed by atoms with Crippen LogP contribution in [0.4, 0.5) is 6.01 Å². The molecule has 4 rings (SSSR count). The van der Waals surface area contributed by atoms with Crippen molar-refractivity contribution in [2.75, 3.05) is 37.7 Å². The third kappa shape index (κ3) is 3.21. The van der Waals surface area contributed by atoms with E-state index < -0.39 is 0 Å². The molecule has 3 fully saturated rings. The van der Waals surface area contributed by atoms with Crippen LogP contribution in [0.5, 0.6) is 0 Å². The zero-order valence-electron chi connectivity index (χ0n) is 14.6. The van der Waals surface area contributed by atoms with Crippen LogP contribution >= 0.6 is 0 Å². The number of ether oxygens (including phenoxy) is 1. The van der Waals surface area contributed by atoms with E-state index in [9.17, 15) is 9.59 Å². The molecule has 8 heteroatoms. The summed E-state index contributed by atoms with van der Waals surface area (Å²) in [5.41, 5.74) is 0.124. The Labute approximate surface area is 146 Å². The maximum Gasteiger partial charge on any atom is 0.318 e. The summed E-state index contributed by atoms with van der Waals surface area (Å²) < 4.78 is 10.6. The summed E-state index contributed by atoms with van der Waals surface area (Å²) >= 11 is 0. The molecule has 1 aromatic heterocycles. The Morgan fingerprint density at radius 3 is 2.84 bits per heavy atom. The monoisotopic (exact) mass is 348 g/mol. The molecule has 2 atom stereocenters. The predicted octanol–water partition coefficient (Wildman–Crippen LogP) is 1.01. The van der Waals surface area contributed by atoms with Gasteiger partial charge in [0.25, 0.3) is 0 Å². The summed E-state index contributed by atoms with van der Waals surface area (Å²) in [6, 6.07) is 0.597. The third-order valence-electron chi connectivity index (χ3n) is 5.66. The van der Waals surface area contributed by atoms with Gasteiger partial charge in [0.2, 0.25) is 11.8 Å². The summed E-state index contributed by atoms with van der Waals surface area (Å²) in [6.07, 6.45) is 3.56. The van der Waals surface area contributed by atoms with Gasteiger partial charge in [0.15, 0.2) is 0 Å². The van der Waals surface area contributed by atoms with Crippen LogP contribution in [0.1, 0.15) is 38.5 Å². The number of anilines is 1. The van der Waals surface area contributed by atoms with Gasteiger partial charge in [-0.25, -0.2) is 0 Å². The van der Waals surface area contributed by atoms with E-state index in [1.54, 1.807) is 0 Å². The number of amides is 1. The first kappa shape index (κ1) is 16.4.